The van der Waals surface area contributed by atoms with Crippen LogP contribution in [0.4, 0.5) is 5.95 Å². The Morgan fingerprint density at radius 2 is 1.67 bits per heavy atom. The molecule has 1 amide bonds. The summed E-state index contributed by atoms with van der Waals surface area (Å²) in [6.07, 6.45) is 0. The zero-order chi connectivity index (χ0) is 11.6. The van der Waals surface area contributed by atoms with Crippen LogP contribution in [0.15, 0.2) is 6.07 Å². The van der Waals surface area contributed by atoms with Crippen LogP contribution in [-0.2, 0) is 4.79 Å². The van der Waals surface area contributed by atoms with Crippen molar-refractivity contribution in [2.24, 2.45) is 5.41 Å². The molecule has 0 fully saturated rings. The van der Waals surface area contributed by atoms with Crippen LogP contribution < -0.4 is 5.32 Å². The first kappa shape index (κ1) is 11.6. The lowest BCUT2D eigenvalue weighted by Crippen LogP contribution is -2.28. The Morgan fingerprint density at radius 3 is 2.07 bits per heavy atom. The minimum Gasteiger partial charge on any atom is -0.294 e. The minimum absolute atomic E-state index is 0.0764. The lowest BCUT2D eigenvalue weighted by Gasteiger charge is -2.16. The van der Waals surface area contributed by atoms with E-state index in [1.807, 2.05) is 40.7 Å². The summed E-state index contributed by atoms with van der Waals surface area (Å²) < 4.78 is 0. The highest BCUT2D eigenvalue weighted by Crippen LogP contribution is 2.15. The van der Waals surface area contributed by atoms with Crippen molar-refractivity contribution in [3.8, 4) is 0 Å². The number of rotatable bonds is 1. The number of anilines is 1. The van der Waals surface area contributed by atoms with Gasteiger partial charge in [-0.05, 0) is 19.9 Å². The SMILES string of the molecule is Cc1cc(C)nc(NC(=O)C(C)(C)C)n1. The van der Waals surface area contributed by atoms with Crippen molar-refractivity contribution in [2.75, 3.05) is 5.32 Å². The predicted molar refractivity (Wildman–Crippen MR) is 59.6 cm³/mol. The molecule has 1 heterocycles. The Balaban J connectivity index is 2.86. The Hall–Kier alpha value is -1.45. The maximum absolute atomic E-state index is 11.7. The molecule has 4 heteroatoms. The highest BCUT2D eigenvalue weighted by atomic mass is 16.2. The van der Waals surface area contributed by atoms with Gasteiger partial charge in [-0.3, -0.25) is 10.1 Å². The number of hydrogen-bond acceptors (Lipinski definition) is 3. The number of carbonyl (C=O) groups excluding carboxylic acids is 1. The standard InChI is InChI=1S/C11H17N3O/c1-7-6-8(2)13-10(12-7)14-9(15)11(3,4)5/h6H,1-5H3,(H,12,13,14,15). The molecule has 1 aromatic heterocycles. The summed E-state index contributed by atoms with van der Waals surface area (Å²) in [5.74, 6) is 0.305. The van der Waals surface area contributed by atoms with E-state index in [1.54, 1.807) is 0 Å². The summed E-state index contributed by atoms with van der Waals surface area (Å²) in [7, 11) is 0. The van der Waals surface area contributed by atoms with Crippen molar-refractivity contribution < 1.29 is 4.79 Å². The topological polar surface area (TPSA) is 54.9 Å². The van der Waals surface area contributed by atoms with Crippen LogP contribution in [0, 0.1) is 19.3 Å². The van der Waals surface area contributed by atoms with E-state index >= 15 is 0 Å². The first-order valence-corrected chi connectivity index (χ1v) is 4.93. The molecule has 0 radical (unpaired) electrons. The van der Waals surface area contributed by atoms with Gasteiger partial charge in [0.2, 0.25) is 11.9 Å². The average Bonchev–Trinajstić information content (AvgIpc) is 1.99. The van der Waals surface area contributed by atoms with Gasteiger partial charge in [-0.25, -0.2) is 9.97 Å². The maximum atomic E-state index is 11.7. The number of nitrogens with one attached hydrogen (secondary N) is 1. The van der Waals surface area contributed by atoms with Crippen molar-refractivity contribution >= 4 is 11.9 Å². The molecule has 0 spiro atoms. The quantitative estimate of drug-likeness (QED) is 0.767. The van der Waals surface area contributed by atoms with Crippen molar-refractivity contribution in [1.29, 1.82) is 0 Å². The average molecular weight is 207 g/mol. The molecule has 0 aliphatic rings. The minimum atomic E-state index is -0.430. The van der Waals surface area contributed by atoms with E-state index in [1.165, 1.54) is 0 Å². The predicted octanol–water partition coefficient (Wildman–Crippen LogP) is 2.08. The van der Waals surface area contributed by atoms with Gasteiger partial charge in [0.25, 0.3) is 0 Å². The first-order valence-electron chi connectivity index (χ1n) is 4.93. The molecule has 0 bridgehead atoms. The molecule has 1 N–H and O–H groups in total. The van der Waals surface area contributed by atoms with Crippen molar-refractivity contribution in [1.82, 2.24) is 9.97 Å². The van der Waals surface area contributed by atoms with Gasteiger partial charge in [0.15, 0.2) is 0 Å². The van der Waals surface area contributed by atoms with Crippen molar-refractivity contribution in [3.63, 3.8) is 0 Å². The first-order chi connectivity index (χ1) is 6.79. The molecule has 4 nitrogen and oxygen atoms in total. The van der Waals surface area contributed by atoms with E-state index in [-0.39, 0.29) is 5.91 Å². The number of aromatic nitrogens is 2. The van der Waals surface area contributed by atoms with Crippen molar-refractivity contribution in [2.45, 2.75) is 34.6 Å². The van der Waals surface area contributed by atoms with Crippen LogP contribution in [0.2, 0.25) is 0 Å². The monoisotopic (exact) mass is 207 g/mol. The molecule has 0 atom stereocenters. The summed E-state index contributed by atoms with van der Waals surface area (Å²) >= 11 is 0. The van der Waals surface area contributed by atoms with Gasteiger partial charge in [-0.15, -0.1) is 0 Å². The van der Waals surface area contributed by atoms with Crippen LogP contribution in [0.3, 0.4) is 0 Å². The lowest BCUT2D eigenvalue weighted by molar-refractivity contribution is -0.123. The molecule has 15 heavy (non-hydrogen) atoms. The molecule has 0 saturated carbocycles. The Morgan fingerprint density at radius 1 is 1.20 bits per heavy atom. The highest BCUT2D eigenvalue weighted by Gasteiger charge is 2.22. The number of nitrogens with zero attached hydrogens (tertiary/aromatic N) is 2. The number of amides is 1. The Kier molecular flexibility index (Phi) is 3.07. The van der Waals surface area contributed by atoms with Crippen LogP contribution in [0.5, 0.6) is 0 Å². The highest BCUT2D eigenvalue weighted by molar-refractivity contribution is 5.92. The van der Waals surface area contributed by atoms with E-state index in [0.29, 0.717) is 5.95 Å². The summed E-state index contributed by atoms with van der Waals surface area (Å²) in [5.41, 5.74) is 1.28. The molecule has 0 unspecified atom stereocenters. The fraction of sp³-hybridized carbons (Fsp3) is 0.545. The second kappa shape index (κ2) is 3.96. The van der Waals surface area contributed by atoms with Gasteiger partial charge in [-0.1, -0.05) is 20.8 Å². The van der Waals surface area contributed by atoms with Crippen LogP contribution in [0.25, 0.3) is 0 Å². The normalized spacial score (nSPS) is 11.3. The largest absolute Gasteiger partial charge is 0.294 e. The van der Waals surface area contributed by atoms with Gasteiger partial charge < -0.3 is 0 Å². The molecule has 0 aliphatic heterocycles. The van der Waals surface area contributed by atoms with E-state index < -0.39 is 5.41 Å². The number of hydrogen-bond donors (Lipinski definition) is 1. The van der Waals surface area contributed by atoms with Gasteiger partial charge in [0.05, 0.1) is 0 Å². The number of aryl methyl sites for hydroxylation is 2. The second-order valence-corrected chi connectivity index (χ2v) is 4.68. The van der Waals surface area contributed by atoms with Crippen LogP contribution in [0.1, 0.15) is 32.2 Å². The van der Waals surface area contributed by atoms with Gasteiger partial charge in [0, 0.05) is 16.8 Å². The fourth-order valence-electron chi connectivity index (χ4n) is 1.07. The molecular weight excluding hydrogens is 190 g/mol. The summed E-state index contributed by atoms with van der Waals surface area (Å²) in [4.78, 5) is 20.0. The fourth-order valence-corrected chi connectivity index (χ4v) is 1.07. The maximum Gasteiger partial charge on any atom is 0.232 e. The third-order valence-corrected chi connectivity index (χ3v) is 1.89. The smallest absolute Gasteiger partial charge is 0.232 e. The summed E-state index contributed by atoms with van der Waals surface area (Å²) in [5, 5.41) is 2.70. The Bertz CT molecular complexity index is 360. The lowest BCUT2D eigenvalue weighted by atomic mass is 9.96. The third-order valence-electron chi connectivity index (χ3n) is 1.89. The third kappa shape index (κ3) is 3.31. The number of carbonyl (C=O) groups is 1. The zero-order valence-electron chi connectivity index (χ0n) is 9.88. The molecule has 1 rings (SSSR count). The second-order valence-electron chi connectivity index (χ2n) is 4.68. The molecule has 0 aromatic carbocycles. The summed E-state index contributed by atoms with van der Waals surface area (Å²) in [6.45, 7) is 9.31. The van der Waals surface area contributed by atoms with Gasteiger partial charge in [-0.2, -0.15) is 0 Å². The van der Waals surface area contributed by atoms with E-state index in [2.05, 4.69) is 15.3 Å². The van der Waals surface area contributed by atoms with Gasteiger partial charge in [0.1, 0.15) is 0 Å². The summed E-state index contributed by atoms with van der Waals surface area (Å²) in [6, 6.07) is 1.87. The Labute approximate surface area is 90.1 Å². The molecule has 1 aromatic rings. The van der Waals surface area contributed by atoms with E-state index in [9.17, 15) is 4.79 Å². The van der Waals surface area contributed by atoms with Crippen LogP contribution in [-0.4, -0.2) is 15.9 Å². The molecular formula is C11H17N3O. The molecule has 82 valence electrons. The van der Waals surface area contributed by atoms with Crippen LogP contribution >= 0.6 is 0 Å². The van der Waals surface area contributed by atoms with Crippen molar-refractivity contribution in [3.05, 3.63) is 17.5 Å². The zero-order valence-corrected chi connectivity index (χ0v) is 9.88. The van der Waals surface area contributed by atoms with E-state index in [4.69, 9.17) is 0 Å². The van der Waals surface area contributed by atoms with Gasteiger partial charge >= 0.3 is 0 Å². The molecule has 0 aliphatic carbocycles. The molecule has 0 saturated heterocycles. The van der Waals surface area contributed by atoms with E-state index in [0.717, 1.165) is 11.4 Å².